The van der Waals surface area contributed by atoms with Crippen LogP contribution in [0, 0.1) is 13.8 Å². The second-order valence-electron chi connectivity index (χ2n) is 6.05. The number of aliphatic imine (C=N–C) groups is 1. The van der Waals surface area contributed by atoms with Gasteiger partial charge in [0.05, 0.1) is 17.9 Å². The lowest BCUT2D eigenvalue weighted by Crippen LogP contribution is -2.37. The molecule has 0 radical (unpaired) electrons. The zero-order valence-electron chi connectivity index (χ0n) is 15.6. The Kier molecular flexibility index (Phi) is 5.31. The Balaban J connectivity index is 1.69. The molecule has 0 saturated carbocycles. The van der Waals surface area contributed by atoms with Crippen LogP contribution in [0.2, 0.25) is 0 Å². The molecule has 26 heavy (non-hydrogen) atoms. The molecule has 0 atom stereocenters. The first-order chi connectivity index (χ1) is 12.6. The average Bonchev–Trinajstić information content (AvgIpc) is 3.20. The maximum absolute atomic E-state index is 4.59. The molecule has 2 aromatic heterocycles. The van der Waals surface area contributed by atoms with Crippen LogP contribution in [0.15, 0.2) is 41.7 Å². The minimum Gasteiger partial charge on any atom is -0.352 e. The highest BCUT2D eigenvalue weighted by atomic mass is 15.3. The van der Waals surface area contributed by atoms with Gasteiger partial charge in [0.2, 0.25) is 0 Å². The Bertz CT molecular complexity index is 906. The maximum Gasteiger partial charge on any atom is 0.191 e. The van der Waals surface area contributed by atoms with Gasteiger partial charge in [-0.05, 0) is 31.5 Å². The fourth-order valence-corrected chi connectivity index (χ4v) is 2.78. The number of hydrogen-bond acceptors (Lipinski definition) is 4. The van der Waals surface area contributed by atoms with Crippen LogP contribution < -0.4 is 10.6 Å². The summed E-state index contributed by atoms with van der Waals surface area (Å²) in [4.78, 5) is 8.47. The first kappa shape index (κ1) is 17.7. The summed E-state index contributed by atoms with van der Waals surface area (Å²) in [5, 5.41) is 15.3. The number of guanidine groups is 1. The molecule has 0 unspecified atom stereocenters. The second kappa shape index (κ2) is 7.81. The van der Waals surface area contributed by atoms with Crippen molar-refractivity contribution in [2.45, 2.75) is 26.9 Å². The number of nitrogens with zero attached hydrogens (tertiary/aromatic N) is 6. The molecule has 0 bridgehead atoms. The van der Waals surface area contributed by atoms with Gasteiger partial charge in [-0.2, -0.15) is 10.2 Å². The van der Waals surface area contributed by atoms with Crippen LogP contribution in [0.1, 0.15) is 22.8 Å². The topological polar surface area (TPSA) is 84.9 Å². The summed E-state index contributed by atoms with van der Waals surface area (Å²) in [6, 6.07) is 10.3. The molecule has 2 N–H and O–H groups in total. The van der Waals surface area contributed by atoms with Gasteiger partial charge in [-0.25, -0.2) is 9.67 Å². The van der Waals surface area contributed by atoms with Crippen molar-refractivity contribution < 1.29 is 0 Å². The van der Waals surface area contributed by atoms with Crippen LogP contribution >= 0.6 is 0 Å². The minimum atomic E-state index is 0.551. The smallest absolute Gasteiger partial charge is 0.191 e. The molecule has 0 saturated heterocycles. The number of nitrogens with one attached hydrogen (secondary N) is 2. The minimum absolute atomic E-state index is 0.551. The van der Waals surface area contributed by atoms with E-state index in [0.717, 1.165) is 28.5 Å². The highest BCUT2D eigenvalue weighted by molar-refractivity contribution is 5.79. The zero-order chi connectivity index (χ0) is 18.5. The quantitative estimate of drug-likeness (QED) is 0.537. The second-order valence-corrected chi connectivity index (χ2v) is 6.05. The number of aromatic nitrogens is 5. The molecule has 3 aromatic rings. The van der Waals surface area contributed by atoms with Crippen LogP contribution in [0.25, 0.3) is 5.69 Å². The van der Waals surface area contributed by atoms with E-state index in [1.165, 1.54) is 6.33 Å². The third-order valence-electron chi connectivity index (χ3n) is 4.12. The van der Waals surface area contributed by atoms with Gasteiger partial charge in [-0.1, -0.05) is 18.2 Å². The van der Waals surface area contributed by atoms with Crippen molar-refractivity contribution in [2.75, 3.05) is 7.05 Å². The van der Waals surface area contributed by atoms with E-state index >= 15 is 0 Å². The van der Waals surface area contributed by atoms with Crippen LogP contribution in [-0.4, -0.2) is 37.6 Å². The van der Waals surface area contributed by atoms with E-state index in [-0.39, 0.29) is 0 Å². The fraction of sp³-hybridized carbons (Fsp3) is 0.333. The predicted molar refractivity (Wildman–Crippen MR) is 101 cm³/mol. The number of aryl methyl sites for hydroxylation is 3. The first-order valence-electron chi connectivity index (χ1n) is 8.47. The summed E-state index contributed by atoms with van der Waals surface area (Å²) in [7, 11) is 3.61. The summed E-state index contributed by atoms with van der Waals surface area (Å²) >= 11 is 0. The van der Waals surface area contributed by atoms with Gasteiger partial charge in [-0.15, -0.1) is 0 Å². The maximum atomic E-state index is 4.59. The van der Waals surface area contributed by atoms with E-state index in [1.54, 1.807) is 11.7 Å². The van der Waals surface area contributed by atoms with Gasteiger partial charge in [0.15, 0.2) is 5.96 Å². The van der Waals surface area contributed by atoms with Crippen molar-refractivity contribution >= 4 is 5.96 Å². The molecule has 0 amide bonds. The van der Waals surface area contributed by atoms with Crippen molar-refractivity contribution in [1.29, 1.82) is 0 Å². The Morgan fingerprint density at radius 2 is 1.92 bits per heavy atom. The van der Waals surface area contributed by atoms with E-state index in [9.17, 15) is 0 Å². The van der Waals surface area contributed by atoms with Crippen LogP contribution in [-0.2, 0) is 20.1 Å². The highest BCUT2D eigenvalue weighted by Gasteiger charge is 2.09. The van der Waals surface area contributed by atoms with Gasteiger partial charge in [0.1, 0.15) is 12.2 Å². The van der Waals surface area contributed by atoms with Crippen molar-refractivity contribution in [2.24, 2.45) is 12.0 Å². The number of para-hydroxylation sites is 1. The van der Waals surface area contributed by atoms with E-state index < -0.39 is 0 Å². The molecule has 0 aliphatic carbocycles. The van der Waals surface area contributed by atoms with Gasteiger partial charge in [0, 0.05) is 26.3 Å². The largest absolute Gasteiger partial charge is 0.352 e. The summed E-state index contributed by atoms with van der Waals surface area (Å²) in [6.45, 7) is 5.25. The lowest BCUT2D eigenvalue weighted by molar-refractivity contribution is 0.672. The molecule has 8 nitrogen and oxygen atoms in total. The first-order valence-corrected chi connectivity index (χ1v) is 8.47. The van der Waals surface area contributed by atoms with Crippen molar-refractivity contribution in [3.63, 3.8) is 0 Å². The van der Waals surface area contributed by atoms with Crippen LogP contribution in [0.3, 0.4) is 0 Å². The van der Waals surface area contributed by atoms with Gasteiger partial charge in [-0.3, -0.25) is 9.67 Å². The summed E-state index contributed by atoms with van der Waals surface area (Å²) in [6.07, 6.45) is 1.54. The molecule has 0 aliphatic rings. The van der Waals surface area contributed by atoms with Crippen LogP contribution in [0.4, 0.5) is 0 Å². The summed E-state index contributed by atoms with van der Waals surface area (Å²) in [5.74, 6) is 1.55. The molecular formula is C18H24N8. The third-order valence-corrected chi connectivity index (χ3v) is 4.12. The monoisotopic (exact) mass is 352 g/mol. The summed E-state index contributed by atoms with van der Waals surface area (Å²) in [5.41, 5.74) is 4.32. The normalized spacial score (nSPS) is 11.6. The van der Waals surface area contributed by atoms with Crippen molar-refractivity contribution in [1.82, 2.24) is 35.2 Å². The van der Waals surface area contributed by atoms with Gasteiger partial charge >= 0.3 is 0 Å². The van der Waals surface area contributed by atoms with Crippen LogP contribution in [0.5, 0.6) is 0 Å². The SMILES string of the molecule is CN=C(NCc1ccccc1-n1nc(C)cc1C)NCc1ncnn1C. The molecule has 0 fully saturated rings. The molecule has 1 aromatic carbocycles. The van der Waals surface area contributed by atoms with Gasteiger partial charge < -0.3 is 10.6 Å². The number of rotatable bonds is 5. The Morgan fingerprint density at radius 1 is 1.15 bits per heavy atom. The Labute approximate surface area is 153 Å². The van der Waals surface area contributed by atoms with E-state index in [2.05, 4.69) is 55.9 Å². The molecule has 2 heterocycles. The standard InChI is InChI=1S/C18H24N8/c1-13-9-14(2)26(24-13)16-8-6-5-7-15(16)10-20-18(19-3)21-11-17-22-12-23-25(17)4/h5-9,12H,10-11H2,1-4H3,(H2,19,20,21). The molecular weight excluding hydrogens is 328 g/mol. The van der Waals surface area contributed by atoms with Crippen molar-refractivity contribution in [3.8, 4) is 5.69 Å². The Hall–Kier alpha value is -3.16. The van der Waals surface area contributed by atoms with E-state index in [1.807, 2.05) is 30.8 Å². The molecule has 8 heteroatoms. The lowest BCUT2D eigenvalue weighted by Gasteiger charge is -2.15. The lowest BCUT2D eigenvalue weighted by atomic mass is 10.1. The highest BCUT2D eigenvalue weighted by Crippen LogP contribution is 2.16. The van der Waals surface area contributed by atoms with Gasteiger partial charge in [0.25, 0.3) is 0 Å². The predicted octanol–water partition coefficient (Wildman–Crippen LogP) is 1.48. The molecule has 136 valence electrons. The molecule has 0 aliphatic heterocycles. The zero-order valence-corrected chi connectivity index (χ0v) is 15.6. The van der Waals surface area contributed by atoms with E-state index in [4.69, 9.17) is 0 Å². The van der Waals surface area contributed by atoms with E-state index in [0.29, 0.717) is 19.0 Å². The summed E-state index contributed by atoms with van der Waals surface area (Å²) < 4.78 is 3.71. The third kappa shape index (κ3) is 3.90. The number of hydrogen-bond donors (Lipinski definition) is 2. The number of benzene rings is 1. The molecule has 0 spiro atoms. The fourth-order valence-electron chi connectivity index (χ4n) is 2.78. The Morgan fingerprint density at radius 3 is 2.58 bits per heavy atom. The van der Waals surface area contributed by atoms with Crippen molar-refractivity contribution in [3.05, 3.63) is 59.4 Å². The average molecular weight is 352 g/mol. The molecule has 3 rings (SSSR count).